The van der Waals surface area contributed by atoms with Gasteiger partial charge in [-0.05, 0) is 6.92 Å². The molecular weight excluding hydrogens is 581 g/mol. The third-order valence-electron chi connectivity index (χ3n) is 4.62. The Kier molecular flexibility index (Phi) is 7.48. The van der Waals surface area contributed by atoms with Gasteiger partial charge in [0.1, 0.15) is 5.92 Å². The molecule has 1 unspecified atom stereocenters. The molecule has 0 bridgehead atoms. The predicted molar refractivity (Wildman–Crippen MR) is 79.2 cm³/mol. The maximum Gasteiger partial charge on any atom is 0.460 e. The van der Waals surface area contributed by atoms with Gasteiger partial charge in [-0.2, -0.15) is 74.6 Å². The van der Waals surface area contributed by atoms with Gasteiger partial charge in [0.25, 0.3) is 0 Å². The fourth-order valence-corrected chi connectivity index (χ4v) is 2.26. The lowest BCUT2D eigenvalue weighted by atomic mass is 9.85. The third-order valence-corrected chi connectivity index (χ3v) is 4.62. The molecule has 0 aromatic carbocycles. The zero-order valence-corrected chi connectivity index (χ0v) is 16.8. The second-order valence-electron chi connectivity index (χ2n) is 7.04. The van der Waals surface area contributed by atoms with Crippen molar-refractivity contribution in [1.29, 1.82) is 0 Å². The maximum absolute atomic E-state index is 14.1. The lowest BCUT2D eigenvalue weighted by molar-refractivity contribution is -0.462. The molecule has 0 saturated carbocycles. The molecule has 22 heteroatoms. The molecule has 0 amide bonds. The average Bonchev–Trinajstić information content (AvgIpc) is 3.03. The van der Waals surface area contributed by atoms with Gasteiger partial charge in [-0.3, -0.25) is 0 Å². The molecule has 0 aliphatic carbocycles. The van der Waals surface area contributed by atoms with E-state index in [-0.39, 0.29) is 0 Å². The second-order valence-corrected chi connectivity index (χ2v) is 7.04. The van der Waals surface area contributed by atoms with E-state index in [2.05, 4.69) is 4.84 Å². The van der Waals surface area contributed by atoms with Crippen LogP contribution in [0.1, 0.15) is 6.92 Å². The Balaban J connectivity index is 3.57. The Morgan fingerprint density at radius 1 is 0.649 bits per heavy atom. The summed E-state index contributed by atoms with van der Waals surface area (Å²) in [6, 6.07) is 0.876. The topological polar surface area (TPSA) is 71.7 Å². The minimum atomic E-state index is -8.80. The lowest BCUT2D eigenvalue weighted by Crippen LogP contribution is -2.75. The molecule has 0 aliphatic rings. The molecule has 216 valence electrons. The van der Waals surface area contributed by atoms with Crippen LogP contribution in [0.2, 0.25) is 0 Å². The summed E-state index contributed by atoms with van der Waals surface area (Å²) in [7, 11) is 0. The highest BCUT2D eigenvalue weighted by molar-refractivity contribution is 5.74. The Morgan fingerprint density at radius 3 is 1.27 bits per heavy atom. The van der Waals surface area contributed by atoms with Gasteiger partial charge < -0.3 is 15.1 Å². The fraction of sp³-hybridized carbons (Fsp3) is 0.667. The van der Waals surface area contributed by atoms with Crippen molar-refractivity contribution in [1.82, 2.24) is 4.73 Å². The van der Waals surface area contributed by atoms with Crippen LogP contribution >= 0.6 is 0 Å². The average molecular weight is 589 g/mol. The standard InChI is InChI=1S/C15H8F17NO4/c1-4(7(36)37-33-5(34)2-3-6(33)35)8(16,17)9(18,19)10(20,21)11(22,23)12(24,25)13(26,27)14(28,29)15(30,31)32/h2-4,34-35H,1H3. The summed E-state index contributed by atoms with van der Waals surface area (Å²) in [6.45, 7) is -0.535. The van der Waals surface area contributed by atoms with Crippen LogP contribution in [-0.2, 0) is 4.79 Å². The van der Waals surface area contributed by atoms with Crippen LogP contribution in [0.15, 0.2) is 12.1 Å². The highest BCUT2D eigenvalue weighted by Gasteiger charge is 2.95. The van der Waals surface area contributed by atoms with Crippen molar-refractivity contribution in [2.24, 2.45) is 5.92 Å². The molecule has 1 heterocycles. The molecule has 2 N–H and O–H groups in total. The number of aromatic nitrogens is 1. The number of carbonyl (C=O) groups excluding carboxylic acids is 1. The number of halogens is 17. The summed E-state index contributed by atoms with van der Waals surface area (Å²) < 4.78 is 225. The van der Waals surface area contributed by atoms with Crippen LogP contribution in [0.4, 0.5) is 74.6 Å². The van der Waals surface area contributed by atoms with E-state index in [1.54, 1.807) is 0 Å². The van der Waals surface area contributed by atoms with Gasteiger partial charge in [-0.15, -0.1) is 4.73 Å². The monoisotopic (exact) mass is 589 g/mol. The number of hydrogen-bond acceptors (Lipinski definition) is 4. The second kappa shape index (κ2) is 8.60. The predicted octanol–water partition coefficient (Wildman–Crippen LogP) is 5.50. The quantitative estimate of drug-likeness (QED) is 0.374. The summed E-state index contributed by atoms with van der Waals surface area (Å²) >= 11 is 0. The SMILES string of the molecule is CC(C(=O)On1c(O)ccc1O)C(F)(F)C(F)(F)C(F)(F)C(F)(F)C(F)(F)C(F)(F)C(F)(F)C(F)(F)F. The normalized spacial score (nSPS) is 16.1. The van der Waals surface area contributed by atoms with E-state index >= 15 is 0 Å². The van der Waals surface area contributed by atoms with Crippen LogP contribution in [-0.4, -0.2) is 68.5 Å². The molecule has 0 spiro atoms. The summed E-state index contributed by atoms with van der Waals surface area (Å²) in [5.74, 6) is -68.0. The van der Waals surface area contributed by atoms with Gasteiger partial charge >= 0.3 is 53.6 Å². The van der Waals surface area contributed by atoms with E-state index in [1.807, 2.05) is 0 Å². The Hall–Kier alpha value is -2.84. The zero-order valence-electron chi connectivity index (χ0n) is 16.8. The van der Waals surface area contributed by atoms with Crippen molar-refractivity contribution < 1.29 is 94.5 Å². The first-order valence-electron chi connectivity index (χ1n) is 8.51. The van der Waals surface area contributed by atoms with Crippen molar-refractivity contribution in [3.63, 3.8) is 0 Å². The van der Waals surface area contributed by atoms with Crippen LogP contribution in [0.5, 0.6) is 11.8 Å². The summed E-state index contributed by atoms with van der Waals surface area (Å²) in [5, 5.41) is 18.2. The van der Waals surface area contributed by atoms with Crippen molar-refractivity contribution in [3.05, 3.63) is 12.1 Å². The number of rotatable bonds is 9. The van der Waals surface area contributed by atoms with Crippen LogP contribution < -0.4 is 4.84 Å². The molecular formula is C15H8F17NO4. The van der Waals surface area contributed by atoms with E-state index in [0.717, 1.165) is 0 Å². The molecule has 1 aromatic heterocycles. The zero-order chi connectivity index (χ0) is 30.0. The Bertz CT molecular complexity index is 993. The van der Waals surface area contributed by atoms with E-state index in [9.17, 15) is 79.4 Å². The molecule has 5 nitrogen and oxygen atoms in total. The smallest absolute Gasteiger partial charge is 0.460 e. The number of alkyl halides is 17. The highest BCUT2D eigenvalue weighted by atomic mass is 19.4. The molecule has 0 radical (unpaired) electrons. The Morgan fingerprint density at radius 2 is 0.946 bits per heavy atom. The minimum absolute atomic E-state index is 0.438. The first-order chi connectivity index (χ1) is 16.0. The molecule has 1 atom stereocenters. The first-order valence-corrected chi connectivity index (χ1v) is 8.51. The van der Waals surface area contributed by atoms with Gasteiger partial charge in [0, 0.05) is 12.1 Å². The first kappa shape index (κ1) is 32.2. The van der Waals surface area contributed by atoms with Gasteiger partial charge in [-0.25, -0.2) is 4.79 Å². The Labute approximate surface area is 190 Å². The van der Waals surface area contributed by atoms with Gasteiger partial charge in [0.15, 0.2) is 0 Å². The molecule has 0 saturated heterocycles. The van der Waals surface area contributed by atoms with Crippen LogP contribution in [0.25, 0.3) is 0 Å². The van der Waals surface area contributed by atoms with Crippen LogP contribution in [0, 0.1) is 5.92 Å². The van der Waals surface area contributed by atoms with Gasteiger partial charge in [0.2, 0.25) is 11.8 Å². The van der Waals surface area contributed by atoms with Crippen molar-refractivity contribution >= 4 is 5.97 Å². The lowest BCUT2D eigenvalue weighted by Gasteiger charge is -2.43. The largest absolute Gasteiger partial charge is 0.492 e. The van der Waals surface area contributed by atoms with E-state index in [0.29, 0.717) is 12.1 Å². The maximum atomic E-state index is 14.1. The number of aromatic hydroxyl groups is 2. The highest BCUT2D eigenvalue weighted by Crippen LogP contribution is 2.64. The van der Waals surface area contributed by atoms with Crippen molar-refractivity contribution in [2.45, 2.75) is 54.6 Å². The summed E-state index contributed by atoms with van der Waals surface area (Å²) in [6.07, 6.45) is -7.87. The molecule has 0 aliphatic heterocycles. The van der Waals surface area contributed by atoms with Gasteiger partial charge in [0.05, 0.1) is 0 Å². The molecule has 37 heavy (non-hydrogen) atoms. The van der Waals surface area contributed by atoms with Crippen molar-refractivity contribution in [3.8, 4) is 11.8 Å². The number of hydrogen-bond donors (Lipinski definition) is 2. The minimum Gasteiger partial charge on any atom is -0.492 e. The summed E-state index contributed by atoms with van der Waals surface area (Å²) in [5.41, 5.74) is 0. The molecule has 0 fully saturated rings. The molecule has 1 aromatic rings. The molecule has 1 rings (SSSR count). The van der Waals surface area contributed by atoms with Crippen LogP contribution in [0.3, 0.4) is 0 Å². The van der Waals surface area contributed by atoms with E-state index < -0.39 is 82.9 Å². The van der Waals surface area contributed by atoms with E-state index in [4.69, 9.17) is 10.2 Å². The summed E-state index contributed by atoms with van der Waals surface area (Å²) in [4.78, 5) is 15.3. The fourth-order valence-electron chi connectivity index (χ4n) is 2.26. The number of carbonyl (C=O) groups is 1. The number of nitrogens with zero attached hydrogens (tertiary/aromatic N) is 1. The van der Waals surface area contributed by atoms with E-state index in [1.165, 1.54) is 0 Å². The van der Waals surface area contributed by atoms with Gasteiger partial charge in [-0.1, -0.05) is 0 Å². The third kappa shape index (κ3) is 4.24. The van der Waals surface area contributed by atoms with Crippen molar-refractivity contribution in [2.75, 3.05) is 0 Å².